The maximum Gasteiger partial charge on any atom is 0.311 e. The third kappa shape index (κ3) is 3.41. The van der Waals surface area contributed by atoms with Crippen LogP contribution < -0.4 is 0 Å². The summed E-state index contributed by atoms with van der Waals surface area (Å²) in [4.78, 5) is 28.2. The Morgan fingerprint density at radius 3 is 2.40 bits per heavy atom. The lowest BCUT2D eigenvalue weighted by Crippen LogP contribution is -2.59. The molecule has 7 unspecified atom stereocenters. The van der Waals surface area contributed by atoms with E-state index in [9.17, 15) is 9.59 Å². The molecule has 4 heteroatoms. The minimum atomic E-state index is -0.285. The van der Waals surface area contributed by atoms with Gasteiger partial charge in [0.1, 0.15) is 0 Å². The van der Waals surface area contributed by atoms with E-state index in [1.165, 1.54) is 32.1 Å². The Labute approximate surface area is 183 Å². The van der Waals surface area contributed by atoms with Crippen LogP contribution in [0.1, 0.15) is 91.4 Å². The first-order valence-corrected chi connectivity index (χ1v) is 12.5. The van der Waals surface area contributed by atoms with Crippen LogP contribution in [0.4, 0.5) is 0 Å². The van der Waals surface area contributed by atoms with Crippen molar-refractivity contribution >= 4 is 11.9 Å². The van der Waals surface area contributed by atoms with Gasteiger partial charge in [0.2, 0.25) is 5.91 Å². The van der Waals surface area contributed by atoms with E-state index in [1.807, 2.05) is 11.9 Å². The maximum atomic E-state index is 13.3. The number of methoxy groups -OCH3 is 1. The van der Waals surface area contributed by atoms with Gasteiger partial charge in [-0.1, -0.05) is 20.3 Å². The second-order valence-corrected chi connectivity index (χ2v) is 12.0. The van der Waals surface area contributed by atoms with Gasteiger partial charge in [-0.2, -0.15) is 0 Å². The molecule has 4 bridgehead atoms. The van der Waals surface area contributed by atoms with Crippen LogP contribution in [0, 0.1) is 39.9 Å². The Hall–Kier alpha value is -1.06. The molecule has 7 atom stereocenters. The fourth-order valence-electron chi connectivity index (χ4n) is 9.14. The summed E-state index contributed by atoms with van der Waals surface area (Å²) in [5, 5.41) is 0. The van der Waals surface area contributed by atoms with Crippen molar-refractivity contribution in [3.05, 3.63) is 0 Å². The van der Waals surface area contributed by atoms with E-state index in [-0.39, 0.29) is 28.1 Å². The molecular weight excluding hydrogens is 374 g/mol. The van der Waals surface area contributed by atoms with Gasteiger partial charge < -0.3 is 9.64 Å². The number of carbonyl (C=O) groups is 2. The zero-order chi connectivity index (χ0) is 21.7. The van der Waals surface area contributed by atoms with Gasteiger partial charge in [0.05, 0.1) is 12.5 Å². The summed E-state index contributed by atoms with van der Waals surface area (Å²) in [6.07, 6.45) is 12.5. The quantitative estimate of drug-likeness (QED) is 0.572. The summed E-state index contributed by atoms with van der Waals surface area (Å²) in [5.41, 5.74) is 0.136. The van der Waals surface area contributed by atoms with E-state index in [0.717, 1.165) is 51.0 Å². The highest BCUT2D eigenvalue weighted by atomic mass is 16.5. The average molecular weight is 418 g/mol. The van der Waals surface area contributed by atoms with Crippen LogP contribution in [0.5, 0.6) is 0 Å². The van der Waals surface area contributed by atoms with Crippen molar-refractivity contribution in [1.29, 1.82) is 0 Å². The van der Waals surface area contributed by atoms with Crippen LogP contribution in [0.25, 0.3) is 0 Å². The van der Waals surface area contributed by atoms with Crippen LogP contribution in [-0.2, 0) is 14.3 Å². The molecule has 0 saturated heterocycles. The van der Waals surface area contributed by atoms with E-state index in [2.05, 4.69) is 20.8 Å². The maximum absolute atomic E-state index is 13.3. The lowest BCUT2D eigenvalue weighted by Gasteiger charge is -2.66. The Morgan fingerprint density at radius 2 is 1.70 bits per heavy atom. The van der Waals surface area contributed by atoms with Crippen molar-refractivity contribution < 1.29 is 14.3 Å². The smallest absolute Gasteiger partial charge is 0.311 e. The van der Waals surface area contributed by atoms with Crippen LogP contribution in [0.2, 0.25) is 0 Å². The molecule has 0 aromatic rings. The molecule has 0 aromatic heterocycles. The molecule has 0 radical (unpaired) electrons. The molecule has 0 heterocycles. The molecule has 4 fully saturated rings. The second kappa shape index (κ2) is 7.81. The number of rotatable bonds is 4. The highest BCUT2D eigenvalue weighted by Crippen LogP contribution is 2.71. The van der Waals surface area contributed by atoms with Crippen molar-refractivity contribution in [1.82, 2.24) is 4.90 Å². The van der Waals surface area contributed by atoms with E-state index >= 15 is 0 Å². The number of hydrogen-bond acceptors (Lipinski definition) is 3. The minimum Gasteiger partial charge on any atom is -0.469 e. The van der Waals surface area contributed by atoms with Gasteiger partial charge in [-0.3, -0.25) is 9.59 Å². The van der Waals surface area contributed by atoms with Gasteiger partial charge in [-0.25, -0.2) is 0 Å². The number of ether oxygens (including phenoxy) is 1. The molecule has 4 aliphatic rings. The molecule has 0 N–H and O–H groups in total. The van der Waals surface area contributed by atoms with Gasteiger partial charge >= 0.3 is 5.97 Å². The van der Waals surface area contributed by atoms with Gasteiger partial charge in [0, 0.05) is 19.5 Å². The topological polar surface area (TPSA) is 46.6 Å². The summed E-state index contributed by atoms with van der Waals surface area (Å²) in [6, 6.07) is 0. The first-order chi connectivity index (χ1) is 14.2. The molecule has 4 saturated carbocycles. The number of carbonyl (C=O) groups excluding carboxylic acids is 2. The average Bonchev–Trinajstić information content (AvgIpc) is 2.70. The lowest BCUT2D eigenvalue weighted by molar-refractivity contribution is -0.190. The van der Waals surface area contributed by atoms with Crippen molar-refractivity contribution in [2.75, 3.05) is 20.7 Å². The predicted molar refractivity (Wildman–Crippen MR) is 119 cm³/mol. The fraction of sp³-hybridized carbons (Fsp3) is 0.923. The van der Waals surface area contributed by atoms with Gasteiger partial charge in [0.15, 0.2) is 0 Å². The first-order valence-electron chi connectivity index (χ1n) is 12.5. The van der Waals surface area contributed by atoms with E-state index in [0.29, 0.717) is 17.7 Å². The molecule has 4 nitrogen and oxygen atoms in total. The third-order valence-electron chi connectivity index (χ3n) is 9.82. The molecule has 0 aromatic carbocycles. The van der Waals surface area contributed by atoms with Crippen molar-refractivity contribution in [2.24, 2.45) is 39.9 Å². The molecule has 0 aliphatic heterocycles. The van der Waals surface area contributed by atoms with E-state index in [4.69, 9.17) is 4.74 Å². The van der Waals surface area contributed by atoms with Crippen LogP contribution in [0.15, 0.2) is 0 Å². The highest BCUT2D eigenvalue weighted by Gasteiger charge is 2.64. The molecule has 0 spiro atoms. The predicted octanol–water partition coefficient (Wildman–Crippen LogP) is 5.45. The van der Waals surface area contributed by atoms with Crippen LogP contribution >= 0.6 is 0 Å². The largest absolute Gasteiger partial charge is 0.469 e. The van der Waals surface area contributed by atoms with Crippen molar-refractivity contribution in [3.8, 4) is 0 Å². The second-order valence-electron chi connectivity index (χ2n) is 12.0. The Balaban J connectivity index is 1.73. The monoisotopic (exact) mass is 417 g/mol. The summed E-state index contributed by atoms with van der Waals surface area (Å²) >= 11 is 0. The molecule has 4 rings (SSSR count). The zero-order valence-corrected chi connectivity index (χ0v) is 20.0. The Kier molecular flexibility index (Phi) is 5.77. The van der Waals surface area contributed by atoms with Crippen LogP contribution in [0.3, 0.4) is 0 Å². The molecular formula is C26H43NO3. The number of esters is 1. The molecule has 4 aliphatic carbocycles. The molecule has 170 valence electrons. The van der Waals surface area contributed by atoms with E-state index < -0.39 is 0 Å². The van der Waals surface area contributed by atoms with Gasteiger partial charge in [-0.05, 0) is 99.7 Å². The van der Waals surface area contributed by atoms with Crippen LogP contribution in [-0.4, -0.2) is 37.5 Å². The fourth-order valence-corrected chi connectivity index (χ4v) is 9.14. The summed E-state index contributed by atoms with van der Waals surface area (Å²) in [7, 11) is 3.53. The number of hydrogen-bond donors (Lipinski definition) is 0. The lowest BCUT2D eigenvalue weighted by atomic mass is 9.38. The number of fused-ring (bicyclic) bond motifs is 5. The first kappa shape index (κ1) is 22.1. The van der Waals surface area contributed by atoms with E-state index in [1.54, 1.807) is 7.11 Å². The molecule has 1 amide bonds. The zero-order valence-electron chi connectivity index (χ0n) is 20.0. The normalized spacial score (nSPS) is 45.5. The number of amides is 1. The molecule has 30 heavy (non-hydrogen) atoms. The Morgan fingerprint density at radius 1 is 0.967 bits per heavy atom. The highest BCUT2D eigenvalue weighted by molar-refractivity contribution is 5.79. The minimum absolute atomic E-state index is 0.0316. The van der Waals surface area contributed by atoms with Crippen molar-refractivity contribution in [2.45, 2.75) is 91.4 Å². The van der Waals surface area contributed by atoms with Crippen molar-refractivity contribution in [3.63, 3.8) is 0 Å². The third-order valence-corrected chi connectivity index (χ3v) is 9.82. The summed E-state index contributed by atoms with van der Waals surface area (Å²) in [6.45, 7) is 7.65. The number of nitrogens with zero attached hydrogens (tertiary/aromatic N) is 1. The van der Waals surface area contributed by atoms with Gasteiger partial charge in [0.25, 0.3) is 0 Å². The summed E-state index contributed by atoms with van der Waals surface area (Å²) in [5.74, 6) is 2.51. The summed E-state index contributed by atoms with van der Waals surface area (Å²) < 4.78 is 5.38. The van der Waals surface area contributed by atoms with Gasteiger partial charge in [-0.15, -0.1) is 0 Å². The standard InChI is InChI=1S/C26H43NO3/c1-6-27(4)22(28)21-11-20-10-18(2)13-26(15-20,16-21)25-9-7-8-24(17-25,23(29)30-5)12-19(3)14-25/h18-21H,6-17H2,1-5H3. The SMILES string of the molecule is CCN(C)C(=O)C1CC2CC(C)CC(C34CCCC(C(=O)OC)(CC(C)C3)C4)(C2)C1. The Bertz CT molecular complexity index is 688.